The second-order valence-corrected chi connectivity index (χ2v) is 7.64. The molecule has 8 heteroatoms. The number of methoxy groups -OCH3 is 1. The Morgan fingerprint density at radius 1 is 1.03 bits per heavy atom. The third-order valence-electron chi connectivity index (χ3n) is 5.30. The zero-order chi connectivity index (χ0) is 23.4. The van der Waals surface area contributed by atoms with E-state index in [1.807, 2.05) is 6.92 Å². The lowest BCUT2D eigenvalue weighted by Crippen LogP contribution is -2.19. The van der Waals surface area contributed by atoms with E-state index in [0.717, 1.165) is 0 Å². The van der Waals surface area contributed by atoms with Crippen LogP contribution in [0.4, 0.5) is 0 Å². The average molecular weight is 458 g/mol. The molecule has 0 N–H and O–H groups in total. The standard InChI is InChI=1S/C24H24ClNO6/c1-5-18(24(29)32-31-21(27)6-2)22-14(3)26(20-12-11-17(30-4)13-19(20)22)23(28)15-7-9-16(25)10-8-15/h7-13,18H,5-6H2,1-4H3. The van der Waals surface area contributed by atoms with Crippen LogP contribution in [0.1, 0.15) is 54.2 Å². The molecule has 0 amide bonds. The smallest absolute Gasteiger partial charge is 0.363 e. The maximum atomic E-state index is 13.4. The molecule has 1 heterocycles. The molecule has 2 aromatic carbocycles. The quantitative estimate of drug-likeness (QED) is 0.373. The molecule has 0 bridgehead atoms. The van der Waals surface area contributed by atoms with Gasteiger partial charge in [-0.1, -0.05) is 25.4 Å². The minimum Gasteiger partial charge on any atom is -0.497 e. The highest BCUT2D eigenvalue weighted by molar-refractivity contribution is 6.30. The maximum absolute atomic E-state index is 13.4. The topological polar surface area (TPSA) is 83.8 Å². The van der Waals surface area contributed by atoms with Crippen LogP contribution in [0.3, 0.4) is 0 Å². The van der Waals surface area contributed by atoms with Crippen molar-refractivity contribution in [1.29, 1.82) is 0 Å². The molecule has 3 rings (SSSR count). The van der Waals surface area contributed by atoms with E-state index >= 15 is 0 Å². The number of carbonyl (C=O) groups excluding carboxylic acids is 3. The molecule has 7 nitrogen and oxygen atoms in total. The summed E-state index contributed by atoms with van der Waals surface area (Å²) in [7, 11) is 1.54. The molecular formula is C24H24ClNO6. The third kappa shape index (κ3) is 4.48. The van der Waals surface area contributed by atoms with Gasteiger partial charge in [0.25, 0.3) is 5.91 Å². The highest BCUT2D eigenvalue weighted by atomic mass is 35.5. The molecule has 0 spiro atoms. The predicted molar refractivity (Wildman–Crippen MR) is 120 cm³/mol. The lowest BCUT2D eigenvalue weighted by molar-refractivity contribution is -0.260. The first-order chi connectivity index (χ1) is 15.3. The highest BCUT2D eigenvalue weighted by Crippen LogP contribution is 2.37. The summed E-state index contributed by atoms with van der Waals surface area (Å²) in [4.78, 5) is 47.0. The molecule has 1 unspecified atom stereocenters. The maximum Gasteiger partial charge on any atom is 0.363 e. The van der Waals surface area contributed by atoms with Crippen molar-refractivity contribution in [2.24, 2.45) is 0 Å². The zero-order valence-corrected chi connectivity index (χ0v) is 19.1. The van der Waals surface area contributed by atoms with Gasteiger partial charge in [0.05, 0.1) is 18.5 Å². The number of nitrogens with zero attached hydrogens (tertiary/aromatic N) is 1. The minimum atomic E-state index is -0.756. The van der Waals surface area contributed by atoms with Crippen LogP contribution >= 0.6 is 11.6 Å². The molecule has 3 aromatic rings. The number of carbonyl (C=O) groups is 3. The lowest BCUT2D eigenvalue weighted by Gasteiger charge is -2.14. The molecule has 0 aliphatic rings. The van der Waals surface area contributed by atoms with Crippen molar-refractivity contribution in [2.45, 2.75) is 39.5 Å². The van der Waals surface area contributed by atoms with E-state index < -0.39 is 17.9 Å². The fourth-order valence-electron chi connectivity index (χ4n) is 3.67. The van der Waals surface area contributed by atoms with Crippen LogP contribution in [0.5, 0.6) is 5.75 Å². The Kier molecular flexibility index (Phi) is 7.20. The Morgan fingerprint density at radius 3 is 2.31 bits per heavy atom. The average Bonchev–Trinajstić information content (AvgIpc) is 3.09. The first kappa shape index (κ1) is 23.3. The van der Waals surface area contributed by atoms with Crippen LogP contribution < -0.4 is 4.74 Å². The molecular weight excluding hydrogens is 434 g/mol. The molecule has 0 saturated heterocycles. The molecule has 0 aliphatic heterocycles. The Hall–Kier alpha value is -3.32. The van der Waals surface area contributed by atoms with Crippen LogP contribution in [0, 0.1) is 6.92 Å². The summed E-state index contributed by atoms with van der Waals surface area (Å²) in [6.07, 6.45) is 0.448. The first-order valence-corrected chi connectivity index (χ1v) is 10.6. The van der Waals surface area contributed by atoms with E-state index in [2.05, 4.69) is 4.89 Å². The number of hydrogen-bond donors (Lipinski definition) is 0. The van der Waals surface area contributed by atoms with Gasteiger partial charge in [0.1, 0.15) is 5.75 Å². The lowest BCUT2D eigenvalue weighted by atomic mass is 9.94. The molecule has 0 saturated carbocycles. The number of rotatable bonds is 6. The van der Waals surface area contributed by atoms with E-state index in [4.69, 9.17) is 21.2 Å². The monoisotopic (exact) mass is 457 g/mol. The van der Waals surface area contributed by atoms with Gasteiger partial charge in [-0.05, 0) is 61.4 Å². The molecule has 0 radical (unpaired) electrons. The van der Waals surface area contributed by atoms with Gasteiger partial charge < -0.3 is 4.74 Å². The van der Waals surface area contributed by atoms with Crippen LogP contribution in [-0.4, -0.2) is 29.5 Å². The summed E-state index contributed by atoms with van der Waals surface area (Å²) in [6, 6.07) is 11.9. The fraction of sp³-hybridized carbons (Fsp3) is 0.292. The van der Waals surface area contributed by atoms with Gasteiger partial charge in [-0.25, -0.2) is 19.4 Å². The van der Waals surface area contributed by atoms with Gasteiger partial charge >= 0.3 is 11.9 Å². The van der Waals surface area contributed by atoms with Crippen molar-refractivity contribution in [3.8, 4) is 5.75 Å². The van der Waals surface area contributed by atoms with Crippen LogP contribution in [-0.2, 0) is 19.4 Å². The fourth-order valence-corrected chi connectivity index (χ4v) is 3.79. The Labute approximate surface area is 190 Å². The van der Waals surface area contributed by atoms with Crippen molar-refractivity contribution in [3.63, 3.8) is 0 Å². The molecule has 1 atom stereocenters. The van der Waals surface area contributed by atoms with Gasteiger partial charge in [0.15, 0.2) is 0 Å². The number of halogens is 1. The molecule has 0 fully saturated rings. The van der Waals surface area contributed by atoms with E-state index in [-0.39, 0.29) is 12.3 Å². The van der Waals surface area contributed by atoms with Crippen molar-refractivity contribution in [2.75, 3.05) is 7.11 Å². The van der Waals surface area contributed by atoms with Gasteiger partial charge in [-0.3, -0.25) is 9.36 Å². The number of fused-ring (bicyclic) bond motifs is 1. The van der Waals surface area contributed by atoms with E-state index in [9.17, 15) is 14.4 Å². The predicted octanol–water partition coefficient (Wildman–Crippen LogP) is 5.21. The molecule has 168 valence electrons. The van der Waals surface area contributed by atoms with E-state index in [1.54, 1.807) is 68.0 Å². The van der Waals surface area contributed by atoms with Gasteiger partial charge in [-0.2, -0.15) is 0 Å². The first-order valence-electron chi connectivity index (χ1n) is 10.2. The van der Waals surface area contributed by atoms with Gasteiger partial charge in [0, 0.05) is 28.1 Å². The summed E-state index contributed by atoms with van der Waals surface area (Å²) in [5.41, 5.74) is 2.26. The normalized spacial score (nSPS) is 11.8. The third-order valence-corrected chi connectivity index (χ3v) is 5.55. The van der Waals surface area contributed by atoms with Crippen molar-refractivity contribution < 1.29 is 28.9 Å². The summed E-state index contributed by atoms with van der Waals surface area (Å²) in [5, 5.41) is 1.20. The SMILES string of the molecule is CCC(=O)OOC(=O)C(CC)c1c(C)n(C(=O)c2ccc(Cl)cc2)c2ccc(OC)cc12. The summed E-state index contributed by atoms with van der Waals surface area (Å²) < 4.78 is 6.91. The highest BCUT2D eigenvalue weighted by Gasteiger charge is 2.31. The largest absolute Gasteiger partial charge is 0.497 e. The van der Waals surface area contributed by atoms with Gasteiger partial charge in [0.2, 0.25) is 0 Å². The second kappa shape index (κ2) is 9.87. The van der Waals surface area contributed by atoms with Crippen LogP contribution in [0.25, 0.3) is 10.9 Å². The number of hydrogen-bond acceptors (Lipinski definition) is 6. The zero-order valence-electron chi connectivity index (χ0n) is 18.3. The van der Waals surface area contributed by atoms with Crippen LogP contribution in [0.15, 0.2) is 42.5 Å². The Morgan fingerprint density at radius 2 is 1.72 bits per heavy atom. The summed E-state index contributed by atoms with van der Waals surface area (Å²) >= 11 is 5.96. The Bertz CT molecular complexity index is 1170. The van der Waals surface area contributed by atoms with E-state index in [0.29, 0.717) is 44.9 Å². The minimum absolute atomic E-state index is 0.0786. The second-order valence-electron chi connectivity index (χ2n) is 7.20. The Balaban J connectivity index is 2.15. The number of ether oxygens (including phenoxy) is 1. The van der Waals surface area contributed by atoms with Gasteiger partial charge in [-0.15, -0.1) is 0 Å². The van der Waals surface area contributed by atoms with E-state index in [1.165, 1.54) is 0 Å². The number of benzene rings is 2. The molecule has 32 heavy (non-hydrogen) atoms. The summed E-state index contributed by atoms with van der Waals surface area (Å²) in [6.45, 7) is 5.18. The van der Waals surface area contributed by atoms with Crippen LogP contribution in [0.2, 0.25) is 5.02 Å². The van der Waals surface area contributed by atoms with Crippen molar-refractivity contribution in [1.82, 2.24) is 4.57 Å². The number of aromatic nitrogens is 1. The van der Waals surface area contributed by atoms with Crippen molar-refractivity contribution >= 4 is 40.3 Å². The molecule has 1 aromatic heterocycles. The molecule has 0 aliphatic carbocycles. The van der Waals surface area contributed by atoms with Crippen molar-refractivity contribution in [3.05, 3.63) is 64.3 Å². The summed E-state index contributed by atoms with van der Waals surface area (Å²) in [5.74, 6) is -1.80.